The molecule has 0 unspecified atom stereocenters. The highest BCUT2D eigenvalue weighted by Gasteiger charge is 2.23. The van der Waals surface area contributed by atoms with E-state index in [2.05, 4.69) is 4.98 Å². The van der Waals surface area contributed by atoms with E-state index in [0.29, 0.717) is 0 Å². The molecule has 1 heterocycles. The summed E-state index contributed by atoms with van der Waals surface area (Å²) in [4.78, 5) is 4.58. The van der Waals surface area contributed by atoms with Crippen LogP contribution in [0.15, 0.2) is 35.7 Å². The second-order valence-electron chi connectivity index (χ2n) is 4.45. The predicted octanol–water partition coefficient (Wildman–Crippen LogP) is 3.08. The van der Waals surface area contributed by atoms with Gasteiger partial charge in [-0.3, -0.25) is 0 Å². The third-order valence-electron chi connectivity index (χ3n) is 2.55. The average molecular weight is 233 g/mol. The number of aliphatic hydroxyl groups excluding tert-OH is 1. The van der Waals surface area contributed by atoms with E-state index in [1.807, 2.05) is 49.6 Å². The normalized spacial score (nSPS) is 11.7. The minimum absolute atomic E-state index is 0.120. The summed E-state index contributed by atoms with van der Waals surface area (Å²) in [6.07, 6.45) is 0. The lowest BCUT2D eigenvalue weighted by molar-refractivity contribution is 0.218. The smallest absolute Gasteiger partial charge is 0.101 e. The van der Waals surface area contributed by atoms with Crippen LogP contribution < -0.4 is 0 Å². The van der Waals surface area contributed by atoms with E-state index in [1.165, 1.54) is 0 Å². The van der Waals surface area contributed by atoms with Gasteiger partial charge < -0.3 is 5.11 Å². The maximum atomic E-state index is 9.29. The summed E-state index contributed by atoms with van der Waals surface area (Å²) in [5, 5.41) is 12.3. The summed E-state index contributed by atoms with van der Waals surface area (Å²) in [5.41, 5.74) is 1.86. The Bertz CT molecular complexity index is 462. The molecule has 16 heavy (non-hydrogen) atoms. The minimum atomic E-state index is -0.252. The summed E-state index contributed by atoms with van der Waals surface area (Å²) in [6.45, 7) is 4.12. The Morgan fingerprint density at radius 2 is 1.94 bits per heavy atom. The van der Waals surface area contributed by atoms with E-state index in [9.17, 15) is 5.11 Å². The molecular formula is C13H15NOS. The van der Waals surface area contributed by atoms with Crippen LogP contribution in [0.2, 0.25) is 0 Å². The number of hydrogen-bond acceptors (Lipinski definition) is 3. The molecule has 3 heteroatoms. The second-order valence-corrected chi connectivity index (χ2v) is 5.30. The third kappa shape index (κ3) is 2.15. The molecular weight excluding hydrogens is 218 g/mol. The molecule has 0 aliphatic rings. The van der Waals surface area contributed by atoms with Crippen LogP contribution >= 0.6 is 11.3 Å². The Kier molecular flexibility index (Phi) is 3.08. The topological polar surface area (TPSA) is 33.1 Å². The fraction of sp³-hybridized carbons (Fsp3) is 0.308. The number of rotatable bonds is 3. The molecule has 84 valence electrons. The van der Waals surface area contributed by atoms with Crippen LogP contribution in [0.1, 0.15) is 18.9 Å². The molecule has 0 bridgehead atoms. The van der Waals surface area contributed by atoms with Crippen molar-refractivity contribution in [1.82, 2.24) is 4.98 Å². The maximum Gasteiger partial charge on any atom is 0.101 e. The van der Waals surface area contributed by atoms with E-state index >= 15 is 0 Å². The number of hydrogen-bond donors (Lipinski definition) is 1. The standard InChI is InChI=1S/C13H15NOS/c1-13(2,9-15)12-14-11(8-16-12)10-6-4-3-5-7-10/h3-8,15H,9H2,1-2H3. The Hall–Kier alpha value is -1.19. The summed E-state index contributed by atoms with van der Waals surface area (Å²) in [5.74, 6) is 0. The van der Waals surface area contributed by atoms with Gasteiger partial charge in [-0.1, -0.05) is 44.2 Å². The Morgan fingerprint density at radius 3 is 2.56 bits per heavy atom. The van der Waals surface area contributed by atoms with Crippen LogP contribution in [-0.2, 0) is 5.41 Å². The van der Waals surface area contributed by atoms with Gasteiger partial charge in [0, 0.05) is 16.4 Å². The molecule has 1 aromatic carbocycles. The van der Waals surface area contributed by atoms with Gasteiger partial charge in [0.05, 0.1) is 12.3 Å². The van der Waals surface area contributed by atoms with Crippen molar-refractivity contribution in [3.8, 4) is 11.3 Å². The summed E-state index contributed by atoms with van der Waals surface area (Å²) in [7, 11) is 0. The summed E-state index contributed by atoms with van der Waals surface area (Å²) < 4.78 is 0. The molecule has 2 nitrogen and oxygen atoms in total. The van der Waals surface area contributed by atoms with Gasteiger partial charge in [-0.05, 0) is 0 Å². The van der Waals surface area contributed by atoms with Crippen molar-refractivity contribution in [2.24, 2.45) is 0 Å². The Balaban J connectivity index is 2.34. The lowest BCUT2D eigenvalue weighted by atomic mass is 9.96. The van der Waals surface area contributed by atoms with Gasteiger partial charge in [-0.25, -0.2) is 4.98 Å². The van der Waals surface area contributed by atoms with Crippen molar-refractivity contribution >= 4 is 11.3 Å². The average Bonchev–Trinajstić information content (AvgIpc) is 2.80. The zero-order valence-corrected chi connectivity index (χ0v) is 10.3. The molecule has 0 saturated heterocycles. The van der Waals surface area contributed by atoms with Gasteiger partial charge in [0.1, 0.15) is 5.01 Å². The number of benzene rings is 1. The minimum Gasteiger partial charge on any atom is -0.395 e. The van der Waals surface area contributed by atoms with Gasteiger partial charge in [0.2, 0.25) is 0 Å². The molecule has 0 amide bonds. The highest BCUT2D eigenvalue weighted by molar-refractivity contribution is 7.10. The van der Waals surface area contributed by atoms with Crippen LogP contribution in [0.25, 0.3) is 11.3 Å². The largest absolute Gasteiger partial charge is 0.395 e. The van der Waals surface area contributed by atoms with Gasteiger partial charge >= 0.3 is 0 Å². The molecule has 0 atom stereocenters. The quantitative estimate of drug-likeness (QED) is 0.883. The van der Waals surface area contributed by atoms with Crippen molar-refractivity contribution in [1.29, 1.82) is 0 Å². The van der Waals surface area contributed by atoms with Crippen molar-refractivity contribution in [3.63, 3.8) is 0 Å². The van der Waals surface area contributed by atoms with E-state index in [0.717, 1.165) is 16.3 Å². The van der Waals surface area contributed by atoms with E-state index in [-0.39, 0.29) is 12.0 Å². The van der Waals surface area contributed by atoms with Crippen LogP contribution in [0.5, 0.6) is 0 Å². The molecule has 0 radical (unpaired) electrons. The SMILES string of the molecule is CC(C)(CO)c1nc(-c2ccccc2)cs1. The van der Waals surface area contributed by atoms with Gasteiger partial charge in [0.25, 0.3) is 0 Å². The molecule has 2 rings (SSSR count). The van der Waals surface area contributed by atoms with E-state index in [4.69, 9.17) is 0 Å². The Morgan fingerprint density at radius 1 is 1.25 bits per heavy atom. The molecule has 0 saturated carbocycles. The van der Waals surface area contributed by atoms with Gasteiger partial charge in [0.15, 0.2) is 0 Å². The van der Waals surface area contributed by atoms with E-state index < -0.39 is 0 Å². The summed E-state index contributed by atoms with van der Waals surface area (Å²) >= 11 is 1.60. The number of aromatic nitrogens is 1. The fourth-order valence-electron chi connectivity index (χ4n) is 1.39. The van der Waals surface area contributed by atoms with Crippen molar-refractivity contribution in [2.75, 3.05) is 6.61 Å². The first-order valence-electron chi connectivity index (χ1n) is 5.26. The highest BCUT2D eigenvalue weighted by Crippen LogP contribution is 2.29. The zero-order valence-electron chi connectivity index (χ0n) is 9.47. The molecule has 0 fully saturated rings. The highest BCUT2D eigenvalue weighted by atomic mass is 32.1. The predicted molar refractivity (Wildman–Crippen MR) is 67.7 cm³/mol. The van der Waals surface area contributed by atoms with Crippen molar-refractivity contribution < 1.29 is 5.11 Å². The first-order valence-corrected chi connectivity index (χ1v) is 6.14. The number of aliphatic hydroxyl groups is 1. The lowest BCUT2D eigenvalue weighted by Crippen LogP contribution is -2.21. The molecule has 1 N–H and O–H groups in total. The number of thiazole rings is 1. The third-order valence-corrected chi connectivity index (χ3v) is 3.76. The first-order chi connectivity index (χ1) is 7.63. The second kappa shape index (κ2) is 4.36. The lowest BCUT2D eigenvalue weighted by Gasteiger charge is -2.17. The van der Waals surface area contributed by atoms with Crippen LogP contribution in [0, 0.1) is 0 Å². The monoisotopic (exact) mass is 233 g/mol. The van der Waals surface area contributed by atoms with E-state index in [1.54, 1.807) is 11.3 Å². The van der Waals surface area contributed by atoms with Crippen molar-refractivity contribution in [3.05, 3.63) is 40.7 Å². The number of nitrogens with zero attached hydrogens (tertiary/aromatic N) is 1. The van der Waals surface area contributed by atoms with Crippen LogP contribution in [-0.4, -0.2) is 16.7 Å². The maximum absolute atomic E-state index is 9.29. The van der Waals surface area contributed by atoms with Gasteiger partial charge in [-0.2, -0.15) is 0 Å². The van der Waals surface area contributed by atoms with Gasteiger partial charge in [-0.15, -0.1) is 11.3 Å². The molecule has 0 spiro atoms. The molecule has 2 aromatic rings. The Labute approximate surface area is 99.6 Å². The fourth-order valence-corrected chi connectivity index (χ4v) is 2.34. The van der Waals surface area contributed by atoms with Crippen LogP contribution in [0.3, 0.4) is 0 Å². The van der Waals surface area contributed by atoms with Crippen LogP contribution in [0.4, 0.5) is 0 Å². The zero-order chi connectivity index (χ0) is 11.6. The molecule has 0 aliphatic heterocycles. The molecule has 1 aromatic heterocycles. The molecule has 0 aliphatic carbocycles. The van der Waals surface area contributed by atoms with Crippen molar-refractivity contribution in [2.45, 2.75) is 19.3 Å². The first kappa shape index (κ1) is 11.3. The summed E-state index contributed by atoms with van der Waals surface area (Å²) in [6, 6.07) is 10.1.